The largest absolute Gasteiger partial charge is 0.372 e. The Morgan fingerprint density at radius 3 is 2.31 bits per heavy atom. The number of ether oxygens (including phenoxy) is 1. The van der Waals surface area contributed by atoms with E-state index in [1.54, 1.807) is 23.5 Å². The molecule has 2 N–H and O–H groups in total. The van der Waals surface area contributed by atoms with Crippen LogP contribution < -0.4 is 10.0 Å². The second kappa shape index (κ2) is 6.60. The number of nitrogens with zero attached hydrogens (tertiary/aromatic N) is 2. The summed E-state index contributed by atoms with van der Waals surface area (Å²) in [6.07, 6.45) is 2.71. The van der Waals surface area contributed by atoms with Gasteiger partial charge in [-0.25, -0.2) is 18.5 Å². The van der Waals surface area contributed by atoms with Gasteiger partial charge in [-0.2, -0.15) is 0 Å². The number of rotatable bonds is 4. The van der Waals surface area contributed by atoms with Crippen molar-refractivity contribution in [2.24, 2.45) is 5.14 Å². The lowest BCUT2D eigenvalue weighted by atomic mass is 10.1. The highest BCUT2D eigenvalue weighted by atomic mass is 32.2. The number of primary sulfonamides is 1. The summed E-state index contributed by atoms with van der Waals surface area (Å²) in [6, 6.07) is 6.79. The summed E-state index contributed by atoms with van der Waals surface area (Å²) < 4.78 is 28.8. The summed E-state index contributed by atoms with van der Waals surface area (Å²) >= 11 is 1.68. The van der Waals surface area contributed by atoms with E-state index in [2.05, 4.69) is 18.7 Å². The van der Waals surface area contributed by atoms with Crippen LogP contribution in [0.25, 0.3) is 10.4 Å². The van der Waals surface area contributed by atoms with Crippen molar-refractivity contribution in [2.75, 3.05) is 18.0 Å². The third kappa shape index (κ3) is 3.64. The summed E-state index contributed by atoms with van der Waals surface area (Å²) in [5.74, 6) is 0.517. The fourth-order valence-electron chi connectivity index (χ4n) is 3.43. The summed E-state index contributed by atoms with van der Waals surface area (Å²) in [7, 11) is -3.67. The van der Waals surface area contributed by atoms with E-state index in [9.17, 15) is 8.42 Å². The van der Waals surface area contributed by atoms with Crippen LogP contribution in [0, 0.1) is 0 Å². The van der Waals surface area contributed by atoms with Crippen LogP contribution in [0.2, 0.25) is 0 Å². The van der Waals surface area contributed by atoms with Gasteiger partial charge in [0.05, 0.1) is 27.7 Å². The van der Waals surface area contributed by atoms with Gasteiger partial charge < -0.3 is 9.64 Å². The van der Waals surface area contributed by atoms with E-state index in [-0.39, 0.29) is 17.1 Å². The van der Waals surface area contributed by atoms with E-state index in [1.807, 2.05) is 12.1 Å². The fraction of sp³-hybridized carbons (Fsp3) is 0.500. The van der Waals surface area contributed by atoms with E-state index in [0.29, 0.717) is 5.92 Å². The van der Waals surface area contributed by atoms with Gasteiger partial charge in [-0.15, -0.1) is 0 Å². The Kier molecular flexibility index (Phi) is 4.54. The molecule has 0 spiro atoms. The maximum Gasteiger partial charge on any atom is 0.238 e. The molecule has 1 saturated heterocycles. The molecule has 1 aliphatic heterocycles. The van der Waals surface area contributed by atoms with E-state index in [0.717, 1.165) is 34.4 Å². The van der Waals surface area contributed by atoms with Gasteiger partial charge in [0.25, 0.3) is 0 Å². The molecule has 1 aliphatic carbocycles. The first-order chi connectivity index (χ1) is 12.3. The molecule has 0 radical (unpaired) electrons. The van der Waals surface area contributed by atoms with Crippen LogP contribution in [-0.4, -0.2) is 38.7 Å². The molecule has 2 aromatic rings. The Labute approximate surface area is 158 Å². The normalized spacial score (nSPS) is 24.0. The second-order valence-electron chi connectivity index (χ2n) is 7.22. The standard InChI is InChI=1S/C18H23N3O3S2/c1-11-9-21(10-12(2)24-11)18-20-16(13-3-4-13)17(25-18)14-5-7-15(8-6-14)26(19,22)23/h5-8,11-13H,3-4,9-10H2,1-2H3,(H2,19,22,23)/t11-,12+. The first-order valence-corrected chi connectivity index (χ1v) is 11.2. The van der Waals surface area contributed by atoms with Crippen molar-refractivity contribution in [3.8, 4) is 10.4 Å². The van der Waals surface area contributed by atoms with Crippen LogP contribution in [0.15, 0.2) is 29.2 Å². The number of hydrogen-bond donors (Lipinski definition) is 1. The maximum absolute atomic E-state index is 11.5. The van der Waals surface area contributed by atoms with Crippen LogP contribution in [0.4, 0.5) is 5.13 Å². The molecule has 2 fully saturated rings. The van der Waals surface area contributed by atoms with Crippen molar-refractivity contribution in [2.45, 2.75) is 49.7 Å². The molecule has 1 saturated carbocycles. The Bertz CT molecular complexity index is 894. The number of thiazole rings is 1. The average Bonchev–Trinajstić information content (AvgIpc) is 3.32. The third-order valence-electron chi connectivity index (χ3n) is 4.74. The van der Waals surface area contributed by atoms with Gasteiger partial charge in [-0.3, -0.25) is 0 Å². The molecule has 8 heteroatoms. The van der Waals surface area contributed by atoms with Gasteiger partial charge >= 0.3 is 0 Å². The molecule has 4 rings (SSSR count). The highest BCUT2D eigenvalue weighted by molar-refractivity contribution is 7.89. The minimum absolute atomic E-state index is 0.134. The van der Waals surface area contributed by atoms with Crippen LogP contribution in [0.5, 0.6) is 0 Å². The topological polar surface area (TPSA) is 85.5 Å². The molecule has 0 bridgehead atoms. The van der Waals surface area contributed by atoms with Crippen molar-refractivity contribution < 1.29 is 13.2 Å². The monoisotopic (exact) mass is 393 g/mol. The van der Waals surface area contributed by atoms with Crippen molar-refractivity contribution in [1.29, 1.82) is 0 Å². The minimum atomic E-state index is -3.67. The average molecular weight is 394 g/mol. The number of nitrogens with two attached hydrogens (primary N) is 1. The number of hydrogen-bond acceptors (Lipinski definition) is 6. The van der Waals surface area contributed by atoms with E-state index < -0.39 is 10.0 Å². The molecule has 26 heavy (non-hydrogen) atoms. The van der Waals surface area contributed by atoms with Gasteiger partial charge in [0, 0.05) is 19.0 Å². The molecule has 0 amide bonds. The molecule has 2 aliphatic rings. The van der Waals surface area contributed by atoms with E-state index >= 15 is 0 Å². The molecule has 1 aromatic heterocycles. The van der Waals surface area contributed by atoms with E-state index in [4.69, 9.17) is 14.9 Å². The lowest BCUT2D eigenvalue weighted by molar-refractivity contribution is -0.00523. The van der Waals surface area contributed by atoms with Crippen LogP contribution in [-0.2, 0) is 14.8 Å². The molecule has 2 heterocycles. The highest BCUT2D eigenvalue weighted by Gasteiger charge is 2.32. The Hall–Kier alpha value is -1.48. The summed E-state index contributed by atoms with van der Waals surface area (Å²) in [6.45, 7) is 5.85. The Morgan fingerprint density at radius 2 is 1.77 bits per heavy atom. The Morgan fingerprint density at radius 1 is 1.15 bits per heavy atom. The first kappa shape index (κ1) is 17.9. The van der Waals surface area contributed by atoms with Gasteiger partial charge in [0.1, 0.15) is 0 Å². The predicted molar refractivity (Wildman–Crippen MR) is 103 cm³/mol. The molecular weight excluding hydrogens is 370 g/mol. The van der Waals surface area contributed by atoms with Gasteiger partial charge in [-0.1, -0.05) is 23.5 Å². The summed E-state index contributed by atoms with van der Waals surface area (Å²) in [5.41, 5.74) is 2.14. The Balaban J connectivity index is 1.69. The number of sulfonamides is 1. The number of morpholine rings is 1. The van der Waals surface area contributed by atoms with Gasteiger partial charge in [0.2, 0.25) is 10.0 Å². The lowest BCUT2D eigenvalue weighted by Gasteiger charge is -2.35. The van der Waals surface area contributed by atoms with Crippen LogP contribution in [0.3, 0.4) is 0 Å². The SMILES string of the molecule is C[C@@H]1CN(c2nc(C3CC3)c(-c3ccc(S(N)(=O)=O)cc3)s2)C[C@H](C)O1. The molecule has 2 atom stereocenters. The van der Waals surface area contributed by atoms with Crippen LogP contribution in [0.1, 0.15) is 38.3 Å². The molecule has 0 unspecified atom stereocenters. The van der Waals surface area contributed by atoms with Crippen LogP contribution >= 0.6 is 11.3 Å². The quantitative estimate of drug-likeness (QED) is 0.863. The second-order valence-corrected chi connectivity index (χ2v) is 9.76. The van der Waals surface area contributed by atoms with Crippen molar-refractivity contribution >= 4 is 26.5 Å². The third-order valence-corrected chi connectivity index (χ3v) is 6.85. The molecule has 6 nitrogen and oxygen atoms in total. The molecular formula is C18H23N3O3S2. The lowest BCUT2D eigenvalue weighted by Crippen LogP contribution is -2.45. The number of aromatic nitrogens is 1. The summed E-state index contributed by atoms with van der Waals surface area (Å²) in [4.78, 5) is 8.53. The van der Waals surface area contributed by atoms with Crippen molar-refractivity contribution in [3.63, 3.8) is 0 Å². The smallest absolute Gasteiger partial charge is 0.238 e. The number of anilines is 1. The molecule has 140 valence electrons. The molecule has 1 aromatic carbocycles. The van der Waals surface area contributed by atoms with Crippen molar-refractivity contribution in [1.82, 2.24) is 4.98 Å². The maximum atomic E-state index is 11.5. The van der Waals surface area contributed by atoms with Gasteiger partial charge in [-0.05, 0) is 44.4 Å². The number of benzene rings is 1. The predicted octanol–water partition coefficient (Wildman–Crippen LogP) is 2.95. The zero-order valence-electron chi connectivity index (χ0n) is 14.9. The minimum Gasteiger partial charge on any atom is -0.372 e. The summed E-state index contributed by atoms with van der Waals surface area (Å²) in [5, 5.41) is 6.23. The zero-order chi connectivity index (χ0) is 18.5. The zero-order valence-corrected chi connectivity index (χ0v) is 16.5. The first-order valence-electron chi connectivity index (χ1n) is 8.85. The van der Waals surface area contributed by atoms with E-state index in [1.165, 1.54) is 12.8 Å². The van der Waals surface area contributed by atoms with Crippen molar-refractivity contribution in [3.05, 3.63) is 30.0 Å². The fourth-order valence-corrected chi connectivity index (χ4v) is 5.12. The van der Waals surface area contributed by atoms with Gasteiger partial charge in [0.15, 0.2) is 5.13 Å². The highest BCUT2D eigenvalue weighted by Crippen LogP contribution is 2.48.